The summed E-state index contributed by atoms with van der Waals surface area (Å²) in [7, 11) is 0. The van der Waals surface area contributed by atoms with Gasteiger partial charge in [-0.15, -0.1) is 10.2 Å². The molecule has 0 bridgehead atoms. The molecule has 1 N–H and O–H groups in total. The van der Waals surface area contributed by atoms with Crippen molar-refractivity contribution in [2.24, 2.45) is 5.41 Å². The van der Waals surface area contributed by atoms with Crippen LogP contribution in [0.5, 0.6) is 11.5 Å². The number of rotatable bonds is 14. The number of ether oxygens (including phenoxy) is 3. The van der Waals surface area contributed by atoms with Gasteiger partial charge in [0.05, 0.1) is 12.6 Å². The van der Waals surface area contributed by atoms with E-state index in [0.29, 0.717) is 29.5 Å². The van der Waals surface area contributed by atoms with Crippen LogP contribution in [0, 0.1) is 12.3 Å². The number of aromatic nitrogens is 3. The summed E-state index contributed by atoms with van der Waals surface area (Å²) in [4.78, 5) is 15.5. The number of nitrogens with one attached hydrogen (secondary N) is 1. The fraction of sp³-hybridized carbons (Fsp3) is 0.605. The van der Waals surface area contributed by atoms with Gasteiger partial charge in [-0.05, 0) is 109 Å². The maximum Gasteiger partial charge on any atom is 0.408 e. The monoisotopic (exact) mass is 719 g/mol. The fourth-order valence-electron chi connectivity index (χ4n) is 8.66. The molecule has 7 rings (SSSR count). The number of amides is 1. The highest BCUT2D eigenvalue weighted by Crippen LogP contribution is 2.73. The number of unbranched alkanes of at least 4 members (excludes halogenated alkanes) is 1. The molecule has 10 heteroatoms. The predicted octanol–water partition coefficient (Wildman–Crippen LogP) is 7.90. The number of nitrogens with zero attached hydrogens (tertiary/aromatic N) is 4. The Kier molecular flexibility index (Phi) is 9.50. The zero-order valence-corrected chi connectivity index (χ0v) is 30.3. The SMILES string of the molecule is Cc1nnc(C2CC(Oc3ccc(OCCCCBr)cc3)C2)n1C1CC2N(CC[C@H](NC(=O)OC(C)(C)C)c3ccccc3)C3CCC321. The number of hydrogen-bond acceptors (Lipinski definition) is 7. The van der Waals surface area contributed by atoms with Crippen LogP contribution in [0.3, 0.4) is 0 Å². The minimum Gasteiger partial charge on any atom is -0.494 e. The Bertz CT molecular complexity index is 1550. The van der Waals surface area contributed by atoms with Crippen LogP contribution in [-0.4, -0.2) is 68.0 Å². The molecule has 1 aliphatic heterocycles. The van der Waals surface area contributed by atoms with Gasteiger partial charge in [0.15, 0.2) is 0 Å². The zero-order chi connectivity index (χ0) is 33.5. The second kappa shape index (κ2) is 13.7. The van der Waals surface area contributed by atoms with E-state index in [-0.39, 0.29) is 18.2 Å². The summed E-state index contributed by atoms with van der Waals surface area (Å²) in [6.07, 6.45) is 8.42. The second-order valence-electron chi connectivity index (χ2n) is 15.2. The van der Waals surface area contributed by atoms with Gasteiger partial charge < -0.3 is 24.1 Å². The Balaban J connectivity index is 0.937. The number of alkyl carbamates (subject to hydrolysis) is 1. The van der Waals surface area contributed by atoms with Crippen LogP contribution in [0.1, 0.15) is 107 Å². The van der Waals surface area contributed by atoms with Crippen LogP contribution in [0.4, 0.5) is 4.79 Å². The Labute approximate surface area is 293 Å². The van der Waals surface area contributed by atoms with Crippen molar-refractivity contribution >= 4 is 22.0 Å². The number of likely N-dealkylation sites (tertiary alicyclic amines) is 1. The first-order chi connectivity index (χ1) is 23.2. The van der Waals surface area contributed by atoms with Crippen molar-refractivity contribution in [3.8, 4) is 11.5 Å². The van der Waals surface area contributed by atoms with E-state index in [4.69, 9.17) is 19.3 Å². The van der Waals surface area contributed by atoms with Crippen LogP contribution >= 0.6 is 15.9 Å². The summed E-state index contributed by atoms with van der Waals surface area (Å²) < 4.78 is 20.3. The molecule has 3 aromatic rings. The molecule has 9 nitrogen and oxygen atoms in total. The highest BCUT2D eigenvalue weighted by molar-refractivity contribution is 9.09. The van der Waals surface area contributed by atoms with E-state index in [1.807, 2.05) is 63.2 Å². The number of aryl methyl sites for hydroxylation is 1. The van der Waals surface area contributed by atoms with E-state index < -0.39 is 5.60 Å². The number of piperidine rings is 2. The molecule has 1 saturated heterocycles. The molecule has 1 amide bonds. The highest BCUT2D eigenvalue weighted by Gasteiger charge is 2.75. The smallest absolute Gasteiger partial charge is 0.408 e. The van der Waals surface area contributed by atoms with Crippen LogP contribution in [0.15, 0.2) is 54.6 Å². The maximum absolute atomic E-state index is 12.7. The van der Waals surface area contributed by atoms with E-state index in [1.54, 1.807) is 0 Å². The molecule has 3 aliphatic carbocycles. The molecule has 0 radical (unpaired) electrons. The van der Waals surface area contributed by atoms with Gasteiger partial charge in [-0.2, -0.15) is 0 Å². The molecule has 5 atom stereocenters. The number of hydrogen-bond donors (Lipinski definition) is 1. The summed E-state index contributed by atoms with van der Waals surface area (Å²) >= 11 is 3.47. The van der Waals surface area contributed by atoms with E-state index in [2.05, 4.69) is 54.9 Å². The topological polar surface area (TPSA) is 90.7 Å². The van der Waals surface area contributed by atoms with Crippen molar-refractivity contribution in [3.05, 3.63) is 71.8 Å². The first kappa shape index (κ1) is 33.4. The van der Waals surface area contributed by atoms with E-state index >= 15 is 0 Å². The van der Waals surface area contributed by atoms with Crippen molar-refractivity contribution in [3.63, 3.8) is 0 Å². The standard InChI is InChI=1S/C38H50BrN5O4/c1-25-41-42-35(27-22-30(23-27)47-29-14-12-28(13-15-29)46-21-9-8-19-39)44(25)34-24-33-38(34)18-16-32(38)43(33)20-17-31(26-10-6-5-7-11-26)40-36(45)48-37(2,3)4/h5-7,10-15,27,30-34H,8-9,16-24H2,1-4H3,(H,40,45)/t27?,30?,31-,32?,33?,34?,38?/m0/s1. The van der Waals surface area contributed by atoms with Crippen molar-refractivity contribution in [1.82, 2.24) is 25.0 Å². The van der Waals surface area contributed by atoms with Gasteiger partial charge in [0, 0.05) is 41.3 Å². The van der Waals surface area contributed by atoms with Crippen molar-refractivity contribution < 1.29 is 19.0 Å². The quantitative estimate of drug-likeness (QED) is 0.134. The Morgan fingerprint density at radius 3 is 2.42 bits per heavy atom. The second-order valence-corrected chi connectivity index (χ2v) is 16.0. The third-order valence-electron chi connectivity index (χ3n) is 11.1. The van der Waals surface area contributed by atoms with Gasteiger partial charge in [0.1, 0.15) is 34.9 Å². The molecule has 4 aliphatic rings. The fourth-order valence-corrected chi connectivity index (χ4v) is 9.05. The molecule has 1 spiro atoms. The van der Waals surface area contributed by atoms with Crippen molar-refractivity contribution in [1.29, 1.82) is 0 Å². The lowest BCUT2D eigenvalue weighted by atomic mass is 9.40. The summed E-state index contributed by atoms with van der Waals surface area (Å²) in [6, 6.07) is 19.9. The molecule has 258 valence electrons. The summed E-state index contributed by atoms with van der Waals surface area (Å²) in [5, 5.41) is 13.5. The normalized spacial score (nSPS) is 28.0. The lowest BCUT2D eigenvalue weighted by Gasteiger charge is -2.80. The van der Waals surface area contributed by atoms with Gasteiger partial charge >= 0.3 is 6.09 Å². The van der Waals surface area contributed by atoms with Gasteiger partial charge in [-0.3, -0.25) is 4.90 Å². The van der Waals surface area contributed by atoms with Crippen LogP contribution in [0.2, 0.25) is 0 Å². The van der Waals surface area contributed by atoms with E-state index in [9.17, 15) is 4.79 Å². The van der Waals surface area contributed by atoms with E-state index in [1.165, 1.54) is 12.8 Å². The molecular weight excluding hydrogens is 670 g/mol. The number of alkyl halides is 1. The first-order valence-electron chi connectivity index (χ1n) is 17.8. The minimum atomic E-state index is -0.532. The van der Waals surface area contributed by atoms with Gasteiger partial charge in [0.2, 0.25) is 0 Å². The lowest BCUT2D eigenvalue weighted by molar-refractivity contribution is -0.295. The molecule has 48 heavy (non-hydrogen) atoms. The molecule has 2 heterocycles. The van der Waals surface area contributed by atoms with Crippen molar-refractivity contribution in [2.75, 3.05) is 18.5 Å². The molecule has 4 unspecified atom stereocenters. The average molecular weight is 721 g/mol. The third-order valence-corrected chi connectivity index (χ3v) is 11.7. The summed E-state index contributed by atoms with van der Waals surface area (Å²) in [5.74, 6) is 4.35. The number of carbonyl (C=O) groups excluding carboxylic acids is 1. The highest BCUT2D eigenvalue weighted by atomic mass is 79.9. The molecular formula is C38H50BrN5O4. The average Bonchev–Trinajstić information content (AvgIpc) is 3.37. The number of halogens is 1. The Morgan fingerprint density at radius 1 is 1.00 bits per heavy atom. The first-order valence-corrected chi connectivity index (χ1v) is 19.0. The van der Waals surface area contributed by atoms with Gasteiger partial charge in [0.25, 0.3) is 0 Å². The maximum atomic E-state index is 12.7. The zero-order valence-electron chi connectivity index (χ0n) is 28.7. The predicted molar refractivity (Wildman–Crippen MR) is 189 cm³/mol. The van der Waals surface area contributed by atoms with Crippen molar-refractivity contribution in [2.45, 2.75) is 121 Å². The molecule has 1 aromatic heterocycles. The van der Waals surface area contributed by atoms with Gasteiger partial charge in [-0.25, -0.2) is 4.79 Å². The van der Waals surface area contributed by atoms with Crippen LogP contribution in [-0.2, 0) is 4.74 Å². The Morgan fingerprint density at radius 2 is 1.75 bits per heavy atom. The summed E-state index contributed by atoms with van der Waals surface area (Å²) in [6.45, 7) is 9.51. The Hall–Kier alpha value is -3.11. The molecule has 2 aromatic carbocycles. The van der Waals surface area contributed by atoms with Crippen LogP contribution < -0.4 is 14.8 Å². The molecule has 3 saturated carbocycles. The number of carbonyl (C=O) groups is 1. The third kappa shape index (κ3) is 6.47. The van der Waals surface area contributed by atoms with Crippen LogP contribution in [0.25, 0.3) is 0 Å². The largest absolute Gasteiger partial charge is 0.494 e. The van der Waals surface area contributed by atoms with Gasteiger partial charge in [-0.1, -0.05) is 46.3 Å². The lowest BCUT2D eigenvalue weighted by Crippen LogP contribution is -2.85. The minimum absolute atomic E-state index is 0.0900. The molecule has 4 fully saturated rings. The van der Waals surface area contributed by atoms with E-state index in [0.717, 1.165) is 85.7 Å². The number of benzene rings is 2. The summed E-state index contributed by atoms with van der Waals surface area (Å²) in [5.41, 5.74) is 0.918.